The second-order valence-electron chi connectivity index (χ2n) is 5.65. The average molecular weight is 292 g/mol. The van der Waals surface area contributed by atoms with Gasteiger partial charge in [-0.2, -0.15) is 0 Å². The third kappa shape index (κ3) is 2.10. The molecule has 0 saturated carbocycles. The van der Waals surface area contributed by atoms with E-state index in [1.54, 1.807) is 7.11 Å². The van der Waals surface area contributed by atoms with E-state index in [9.17, 15) is 4.79 Å². The molecule has 1 aromatic heterocycles. The Labute approximate surface area is 128 Å². The largest absolute Gasteiger partial charge is 0.497 e. The Hall–Kier alpha value is -2.55. The number of ether oxygens (including phenoxy) is 1. The summed E-state index contributed by atoms with van der Waals surface area (Å²) in [6.07, 6.45) is 2.37. The van der Waals surface area contributed by atoms with E-state index in [0.717, 1.165) is 52.0 Å². The number of Topliss-reactive ketones (excluding diaryl/α,β-unsaturated/α-hetero) is 1. The number of hydrogen-bond donors (Lipinski definition) is 0. The molecule has 22 heavy (non-hydrogen) atoms. The number of furan rings is 1. The van der Waals surface area contributed by atoms with Crippen LogP contribution in [0.2, 0.25) is 0 Å². The first-order valence-electron chi connectivity index (χ1n) is 7.49. The van der Waals surface area contributed by atoms with Gasteiger partial charge >= 0.3 is 0 Å². The average Bonchev–Trinajstić information content (AvgIpc) is 2.99. The molecule has 0 unspecified atom stereocenters. The molecule has 2 aromatic carbocycles. The molecular formula is C19H16O3. The Morgan fingerprint density at radius 3 is 2.64 bits per heavy atom. The second-order valence-corrected chi connectivity index (χ2v) is 5.65. The molecule has 0 N–H and O–H groups in total. The number of fused-ring (bicyclic) bond motifs is 2. The highest BCUT2D eigenvalue weighted by atomic mass is 16.5. The Bertz CT molecular complexity index is 874. The first-order valence-corrected chi connectivity index (χ1v) is 7.49. The molecule has 0 atom stereocenters. The van der Waals surface area contributed by atoms with Crippen LogP contribution < -0.4 is 4.74 Å². The smallest absolute Gasteiger partial charge is 0.166 e. The van der Waals surface area contributed by atoms with E-state index in [2.05, 4.69) is 12.1 Å². The van der Waals surface area contributed by atoms with Crippen molar-refractivity contribution in [1.82, 2.24) is 0 Å². The lowest BCUT2D eigenvalue weighted by molar-refractivity contribution is 0.0969. The fourth-order valence-corrected chi connectivity index (χ4v) is 3.04. The van der Waals surface area contributed by atoms with Crippen molar-refractivity contribution in [2.24, 2.45) is 0 Å². The van der Waals surface area contributed by atoms with Gasteiger partial charge in [0.05, 0.1) is 12.7 Å². The zero-order valence-corrected chi connectivity index (χ0v) is 12.4. The molecule has 0 spiro atoms. The lowest BCUT2D eigenvalue weighted by Gasteiger charge is -2.06. The highest BCUT2D eigenvalue weighted by Gasteiger charge is 2.22. The summed E-state index contributed by atoms with van der Waals surface area (Å²) >= 11 is 0. The van der Waals surface area contributed by atoms with Gasteiger partial charge in [0, 0.05) is 18.4 Å². The maximum absolute atomic E-state index is 11.9. The predicted octanol–water partition coefficient (Wildman–Crippen LogP) is 4.63. The molecule has 0 bridgehead atoms. The zero-order chi connectivity index (χ0) is 15.1. The van der Waals surface area contributed by atoms with Crippen LogP contribution in [0.1, 0.15) is 29.0 Å². The topological polar surface area (TPSA) is 39.4 Å². The summed E-state index contributed by atoms with van der Waals surface area (Å²) in [5.74, 6) is 2.65. The molecule has 1 heterocycles. The Balaban J connectivity index is 1.79. The molecule has 3 heteroatoms. The van der Waals surface area contributed by atoms with Crippen molar-refractivity contribution in [2.45, 2.75) is 19.3 Å². The van der Waals surface area contributed by atoms with Crippen LogP contribution in [-0.4, -0.2) is 12.9 Å². The van der Waals surface area contributed by atoms with Gasteiger partial charge in [-0.15, -0.1) is 0 Å². The van der Waals surface area contributed by atoms with E-state index >= 15 is 0 Å². The van der Waals surface area contributed by atoms with E-state index < -0.39 is 0 Å². The Kier molecular flexibility index (Phi) is 3.00. The monoisotopic (exact) mass is 292 g/mol. The molecule has 0 saturated heterocycles. The van der Waals surface area contributed by atoms with Gasteiger partial charge in [0.15, 0.2) is 5.78 Å². The minimum atomic E-state index is 0.196. The lowest BCUT2D eigenvalue weighted by atomic mass is 9.97. The number of methoxy groups -OCH3 is 1. The quantitative estimate of drug-likeness (QED) is 0.691. The van der Waals surface area contributed by atoms with Crippen molar-refractivity contribution in [3.63, 3.8) is 0 Å². The third-order valence-corrected chi connectivity index (χ3v) is 4.25. The van der Waals surface area contributed by atoms with E-state index in [-0.39, 0.29) is 5.78 Å². The highest BCUT2D eigenvalue weighted by Crippen LogP contribution is 2.32. The fourth-order valence-electron chi connectivity index (χ4n) is 3.04. The van der Waals surface area contributed by atoms with Crippen molar-refractivity contribution in [3.05, 3.63) is 53.8 Å². The van der Waals surface area contributed by atoms with Gasteiger partial charge in [-0.05, 0) is 41.5 Å². The highest BCUT2D eigenvalue weighted by molar-refractivity contribution is 5.99. The van der Waals surface area contributed by atoms with Crippen molar-refractivity contribution in [3.8, 4) is 17.1 Å². The molecule has 3 aromatic rings. The number of hydrogen-bond acceptors (Lipinski definition) is 3. The van der Waals surface area contributed by atoms with Crippen molar-refractivity contribution in [1.29, 1.82) is 0 Å². The first-order chi connectivity index (χ1) is 10.7. The van der Waals surface area contributed by atoms with E-state index in [0.29, 0.717) is 6.42 Å². The SMILES string of the molecule is COc1ccc2cc(-c3cc4c(o3)CCCC4=O)ccc2c1. The molecule has 110 valence electrons. The van der Waals surface area contributed by atoms with Gasteiger partial charge < -0.3 is 9.15 Å². The molecule has 3 nitrogen and oxygen atoms in total. The number of carbonyl (C=O) groups is 1. The standard InChI is InChI=1S/C19H16O3/c1-21-15-8-7-12-9-14(6-5-13(12)10-15)19-11-16-17(20)3-2-4-18(16)22-19/h5-11H,2-4H2,1H3. The van der Waals surface area contributed by atoms with Crippen LogP contribution in [0.4, 0.5) is 0 Å². The molecule has 1 aliphatic carbocycles. The minimum absolute atomic E-state index is 0.196. The maximum Gasteiger partial charge on any atom is 0.166 e. The lowest BCUT2D eigenvalue weighted by Crippen LogP contribution is -2.07. The van der Waals surface area contributed by atoms with Crippen LogP contribution >= 0.6 is 0 Å². The molecule has 1 aliphatic rings. The van der Waals surface area contributed by atoms with Crippen LogP contribution in [0.5, 0.6) is 5.75 Å². The molecule has 0 fully saturated rings. The van der Waals surface area contributed by atoms with E-state index in [1.165, 1.54) is 0 Å². The number of rotatable bonds is 2. The summed E-state index contributed by atoms with van der Waals surface area (Å²) in [7, 11) is 1.67. The molecular weight excluding hydrogens is 276 g/mol. The maximum atomic E-state index is 11.9. The van der Waals surface area contributed by atoms with Crippen molar-refractivity contribution >= 4 is 16.6 Å². The number of carbonyl (C=O) groups excluding carboxylic acids is 1. The number of ketones is 1. The van der Waals surface area contributed by atoms with Crippen molar-refractivity contribution in [2.75, 3.05) is 7.11 Å². The summed E-state index contributed by atoms with van der Waals surface area (Å²) in [5, 5.41) is 2.24. The van der Waals surface area contributed by atoms with Crippen LogP contribution in [0, 0.1) is 0 Å². The Morgan fingerprint density at radius 2 is 1.82 bits per heavy atom. The molecule has 4 rings (SSSR count). The predicted molar refractivity (Wildman–Crippen MR) is 85.5 cm³/mol. The fraction of sp³-hybridized carbons (Fsp3) is 0.211. The molecule has 0 amide bonds. The first kappa shape index (κ1) is 13.1. The normalized spacial score (nSPS) is 14.1. The van der Waals surface area contributed by atoms with Gasteiger partial charge in [0.1, 0.15) is 17.3 Å². The summed E-state index contributed by atoms with van der Waals surface area (Å²) in [4.78, 5) is 11.9. The molecule has 0 radical (unpaired) electrons. The van der Waals surface area contributed by atoms with Crippen LogP contribution in [0.3, 0.4) is 0 Å². The van der Waals surface area contributed by atoms with Crippen LogP contribution in [-0.2, 0) is 6.42 Å². The number of aryl methyl sites for hydroxylation is 1. The number of benzene rings is 2. The van der Waals surface area contributed by atoms with Gasteiger partial charge in [-0.1, -0.05) is 18.2 Å². The van der Waals surface area contributed by atoms with Crippen LogP contribution in [0.25, 0.3) is 22.1 Å². The van der Waals surface area contributed by atoms with Crippen LogP contribution in [0.15, 0.2) is 46.9 Å². The Morgan fingerprint density at radius 1 is 1.00 bits per heavy atom. The summed E-state index contributed by atoms with van der Waals surface area (Å²) in [6, 6.07) is 14.0. The van der Waals surface area contributed by atoms with Gasteiger partial charge in [0.2, 0.25) is 0 Å². The van der Waals surface area contributed by atoms with Gasteiger partial charge in [-0.3, -0.25) is 4.79 Å². The van der Waals surface area contributed by atoms with Crippen molar-refractivity contribution < 1.29 is 13.9 Å². The summed E-state index contributed by atoms with van der Waals surface area (Å²) < 4.78 is 11.2. The van der Waals surface area contributed by atoms with Gasteiger partial charge in [-0.25, -0.2) is 0 Å². The summed E-state index contributed by atoms with van der Waals surface area (Å²) in [6.45, 7) is 0. The zero-order valence-electron chi connectivity index (χ0n) is 12.4. The van der Waals surface area contributed by atoms with E-state index in [4.69, 9.17) is 9.15 Å². The summed E-state index contributed by atoms with van der Waals surface area (Å²) in [5.41, 5.74) is 1.76. The van der Waals surface area contributed by atoms with Gasteiger partial charge in [0.25, 0.3) is 0 Å². The molecule has 0 aliphatic heterocycles. The third-order valence-electron chi connectivity index (χ3n) is 4.25. The minimum Gasteiger partial charge on any atom is -0.497 e. The second kappa shape index (κ2) is 5.02. The van der Waals surface area contributed by atoms with E-state index in [1.807, 2.05) is 30.3 Å².